The first-order valence-corrected chi connectivity index (χ1v) is 10.4. The van der Waals surface area contributed by atoms with Gasteiger partial charge in [-0.05, 0) is 41.8 Å². The summed E-state index contributed by atoms with van der Waals surface area (Å²) in [7, 11) is 2.94. The molecular weight excluding hydrogens is 404 g/mol. The van der Waals surface area contributed by atoms with Gasteiger partial charge in [-0.15, -0.1) is 0 Å². The van der Waals surface area contributed by atoms with Crippen molar-refractivity contribution in [3.8, 4) is 5.75 Å². The SMILES string of the molecule is CO/N=C(/COc1ccc(CNc2ccc(CCC(=O)OC)cc2)cc1)c1ccccc1. The van der Waals surface area contributed by atoms with Crippen LogP contribution >= 0.6 is 0 Å². The lowest BCUT2D eigenvalue weighted by Gasteiger charge is -2.11. The monoisotopic (exact) mass is 432 g/mol. The highest BCUT2D eigenvalue weighted by Crippen LogP contribution is 2.16. The van der Waals surface area contributed by atoms with Gasteiger partial charge in [-0.3, -0.25) is 4.79 Å². The quantitative estimate of drug-likeness (QED) is 0.267. The summed E-state index contributed by atoms with van der Waals surface area (Å²) in [6, 6.07) is 25.9. The van der Waals surface area contributed by atoms with Crippen molar-refractivity contribution >= 4 is 17.4 Å². The van der Waals surface area contributed by atoms with Crippen molar-refractivity contribution in [2.24, 2.45) is 5.16 Å². The Morgan fingerprint density at radius 3 is 2.22 bits per heavy atom. The third-order valence-corrected chi connectivity index (χ3v) is 4.90. The minimum absolute atomic E-state index is 0.193. The number of esters is 1. The van der Waals surface area contributed by atoms with E-state index in [4.69, 9.17) is 9.57 Å². The van der Waals surface area contributed by atoms with Crippen LogP contribution in [0.3, 0.4) is 0 Å². The van der Waals surface area contributed by atoms with Crippen LogP contribution in [0.15, 0.2) is 84.0 Å². The minimum Gasteiger partial charge on any atom is -0.487 e. The summed E-state index contributed by atoms with van der Waals surface area (Å²) in [5, 5.41) is 7.48. The van der Waals surface area contributed by atoms with E-state index in [1.54, 1.807) is 0 Å². The zero-order valence-corrected chi connectivity index (χ0v) is 18.4. The van der Waals surface area contributed by atoms with Crippen molar-refractivity contribution in [3.05, 3.63) is 95.6 Å². The molecule has 166 valence electrons. The number of nitrogens with zero attached hydrogens (tertiary/aromatic N) is 1. The number of carbonyl (C=O) groups is 1. The maximum Gasteiger partial charge on any atom is 0.305 e. The van der Waals surface area contributed by atoms with Gasteiger partial charge in [-0.25, -0.2) is 0 Å². The molecule has 0 bridgehead atoms. The highest BCUT2D eigenvalue weighted by atomic mass is 16.6. The molecule has 0 saturated heterocycles. The molecule has 0 aromatic heterocycles. The fourth-order valence-corrected chi connectivity index (χ4v) is 3.10. The Hall–Kier alpha value is -3.80. The van der Waals surface area contributed by atoms with E-state index in [9.17, 15) is 4.79 Å². The Bertz CT molecular complexity index is 1000. The number of oxime groups is 1. The molecule has 0 heterocycles. The Morgan fingerprint density at radius 1 is 0.875 bits per heavy atom. The zero-order valence-electron chi connectivity index (χ0n) is 18.4. The van der Waals surface area contributed by atoms with Crippen molar-refractivity contribution in [1.29, 1.82) is 0 Å². The zero-order chi connectivity index (χ0) is 22.6. The number of aryl methyl sites for hydroxylation is 1. The lowest BCUT2D eigenvalue weighted by atomic mass is 10.1. The van der Waals surface area contributed by atoms with Crippen molar-refractivity contribution < 1.29 is 19.1 Å². The summed E-state index contributed by atoms with van der Waals surface area (Å²) in [6.45, 7) is 1.01. The van der Waals surface area contributed by atoms with Crippen molar-refractivity contribution in [2.75, 3.05) is 26.1 Å². The van der Waals surface area contributed by atoms with Gasteiger partial charge in [0.1, 0.15) is 25.2 Å². The van der Waals surface area contributed by atoms with Gasteiger partial charge in [0.15, 0.2) is 0 Å². The molecule has 0 saturated carbocycles. The van der Waals surface area contributed by atoms with Crippen molar-refractivity contribution in [2.45, 2.75) is 19.4 Å². The fraction of sp³-hybridized carbons (Fsp3) is 0.231. The molecule has 3 rings (SSSR count). The van der Waals surface area contributed by atoms with Gasteiger partial charge in [0.2, 0.25) is 0 Å². The first-order chi connectivity index (χ1) is 15.7. The first kappa shape index (κ1) is 22.9. The number of hydrogen-bond donors (Lipinski definition) is 1. The number of ether oxygens (including phenoxy) is 2. The summed E-state index contributed by atoms with van der Waals surface area (Å²) >= 11 is 0. The molecule has 0 aliphatic heterocycles. The predicted molar refractivity (Wildman–Crippen MR) is 126 cm³/mol. The van der Waals surface area contributed by atoms with Crippen LogP contribution in [0.25, 0.3) is 0 Å². The van der Waals surface area contributed by atoms with Crippen molar-refractivity contribution in [1.82, 2.24) is 0 Å². The van der Waals surface area contributed by atoms with Crippen LogP contribution in [0.2, 0.25) is 0 Å². The van der Waals surface area contributed by atoms with Gasteiger partial charge in [0, 0.05) is 24.2 Å². The van der Waals surface area contributed by atoms with Gasteiger partial charge in [0.05, 0.1) is 7.11 Å². The molecule has 3 aromatic rings. The molecule has 3 aromatic carbocycles. The summed E-state index contributed by atoms with van der Waals surface area (Å²) < 4.78 is 10.6. The lowest BCUT2D eigenvalue weighted by molar-refractivity contribution is -0.140. The highest BCUT2D eigenvalue weighted by molar-refractivity contribution is 6.01. The van der Waals surface area contributed by atoms with E-state index in [0.717, 1.165) is 33.8 Å². The van der Waals surface area contributed by atoms with E-state index in [2.05, 4.69) is 15.2 Å². The van der Waals surface area contributed by atoms with Crippen molar-refractivity contribution in [3.63, 3.8) is 0 Å². The number of hydrogen-bond acceptors (Lipinski definition) is 6. The van der Waals surface area contributed by atoms with Gasteiger partial charge >= 0.3 is 5.97 Å². The third-order valence-electron chi connectivity index (χ3n) is 4.90. The molecule has 0 fully saturated rings. The maximum absolute atomic E-state index is 11.2. The number of methoxy groups -OCH3 is 1. The highest BCUT2D eigenvalue weighted by Gasteiger charge is 2.06. The number of anilines is 1. The standard InChI is InChI=1S/C26H28N2O4/c1-30-26(29)17-12-20-8-13-23(14-9-20)27-18-21-10-15-24(16-11-21)32-19-25(28-31-2)22-6-4-3-5-7-22/h3-11,13-16,27H,12,17-19H2,1-2H3/b28-25-. The van der Waals surface area contributed by atoms with Gasteiger partial charge in [0.25, 0.3) is 0 Å². The molecule has 0 aliphatic carbocycles. The maximum atomic E-state index is 11.2. The first-order valence-electron chi connectivity index (χ1n) is 10.4. The Kier molecular flexibility index (Phi) is 8.69. The third kappa shape index (κ3) is 7.16. The van der Waals surface area contributed by atoms with E-state index < -0.39 is 0 Å². The number of nitrogens with one attached hydrogen (secondary N) is 1. The van der Waals surface area contributed by atoms with Crippen LogP contribution in [-0.2, 0) is 27.3 Å². The molecular formula is C26H28N2O4. The largest absolute Gasteiger partial charge is 0.487 e. The van der Waals surface area contributed by atoms with Crippen LogP contribution in [0.5, 0.6) is 5.75 Å². The summed E-state index contributed by atoms with van der Waals surface area (Å²) in [4.78, 5) is 16.2. The van der Waals surface area contributed by atoms with E-state index in [1.807, 2.05) is 78.9 Å². The molecule has 1 N–H and O–H groups in total. The van der Waals surface area contributed by atoms with Crippen LogP contribution in [0.4, 0.5) is 5.69 Å². The van der Waals surface area contributed by atoms with E-state index in [1.165, 1.54) is 14.2 Å². The predicted octanol–water partition coefficient (Wildman–Crippen LogP) is 4.83. The Labute approximate surface area is 188 Å². The smallest absolute Gasteiger partial charge is 0.305 e. The lowest BCUT2D eigenvalue weighted by Crippen LogP contribution is -2.13. The van der Waals surface area contributed by atoms with Gasteiger partial charge in [-0.2, -0.15) is 0 Å². The minimum atomic E-state index is -0.193. The summed E-state index contributed by atoms with van der Waals surface area (Å²) in [5.41, 5.74) is 4.96. The number of benzene rings is 3. The molecule has 0 amide bonds. The average molecular weight is 433 g/mol. The molecule has 0 unspecified atom stereocenters. The molecule has 0 aliphatic rings. The van der Waals surface area contributed by atoms with Crippen LogP contribution in [-0.4, -0.2) is 32.5 Å². The number of rotatable bonds is 11. The average Bonchev–Trinajstić information content (AvgIpc) is 2.85. The van der Waals surface area contributed by atoms with Crippen LogP contribution in [0, 0.1) is 0 Å². The molecule has 6 nitrogen and oxygen atoms in total. The van der Waals surface area contributed by atoms with E-state index in [-0.39, 0.29) is 5.97 Å². The Morgan fingerprint density at radius 2 is 1.56 bits per heavy atom. The number of carbonyl (C=O) groups excluding carboxylic acids is 1. The molecule has 0 spiro atoms. The summed E-state index contributed by atoms with van der Waals surface area (Å²) in [6.07, 6.45) is 1.07. The topological polar surface area (TPSA) is 69.2 Å². The fourth-order valence-electron chi connectivity index (χ4n) is 3.10. The molecule has 6 heteroatoms. The van der Waals surface area contributed by atoms with Gasteiger partial charge < -0.3 is 19.6 Å². The normalized spacial score (nSPS) is 11.0. The van der Waals surface area contributed by atoms with Crippen LogP contribution < -0.4 is 10.1 Å². The van der Waals surface area contributed by atoms with E-state index in [0.29, 0.717) is 26.0 Å². The molecule has 0 atom stereocenters. The second-order valence-corrected chi connectivity index (χ2v) is 7.15. The Balaban J connectivity index is 1.48. The van der Waals surface area contributed by atoms with E-state index >= 15 is 0 Å². The second kappa shape index (κ2) is 12.2. The molecule has 0 radical (unpaired) electrons. The molecule has 32 heavy (non-hydrogen) atoms. The van der Waals surface area contributed by atoms with Gasteiger partial charge in [-0.1, -0.05) is 59.8 Å². The summed E-state index contributed by atoms with van der Waals surface area (Å²) in [5.74, 6) is 0.574. The second-order valence-electron chi connectivity index (χ2n) is 7.15. The van der Waals surface area contributed by atoms with Crippen LogP contribution in [0.1, 0.15) is 23.1 Å².